The van der Waals surface area contributed by atoms with E-state index in [2.05, 4.69) is 26.0 Å². The molecule has 0 spiro atoms. The van der Waals surface area contributed by atoms with Crippen LogP contribution in [0.25, 0.3) is 4.72 Å². The van der Waals surface area contributed by atoms with E-state index in [0.29, 0.717) is 15.4 Å². The van der Waals surface area contributed by atoms with Crippen LogP contribution in [0.3, 0.4) is 0 Å². The Labute approximate surface area is 173 Å². The summed E-state index contributed by atoms with van der Waals surface area (Å²) in [7, 11) is -3.95. The predicted molar refractivity (Wildman–Crippen MR) is 107 cm³/mol. The molecule has 0 unspecified atom stereocenters. The van der Waals surface area contributed by atoms with Crippen molar-refractivity contribution < 1.29 is 17.6 Å². The molecular weight excluding hydrogens is 479 g/mol. The Morgan fingerprint density at radius 1 is 1.00 bits per heavy atom. The Morgan fingerprint density at radius 2 is 1.70 bits per heavy atom. The van der Waals surface area contributed by atoms with Crippen LogP contribution in [0.1, 0.15) is 10.6 Å². The minimum absolute atomic E-state index is 0.0349. The molecule has 140 valence electrons. The molecule has 2 aromatic carbocycles. The monoisotopic (exact) mass is 487 g/mol. The lowest BCUT2D eigenvalue weighted by Crippen LogP contribution is -2.10. The first-order valence-corrected chi connectivity index (χ1v) is 10.3. The maximum Gasteiger partial charge on any atom is 0.291 e. The molecule has 0 saturated heterocycles. The third-order valence-electron chi connectivity index (χ3n) is 3.34. The van der Waals surface area contributed by atoms with Crippen LogP contribution in [0.5, 0.6) is 0 Å². The highest BCUT2D eigenvalue weighted by Crippen LogP contribution is 2.33. The summed E-state index contributed by atoms with van der Waals surface area (Å²) in [4.78, 5) is 12.0. The van der Waals surface area contributed by atoms with Crippen molar-refractivity contribution in [1.82, 2.24) is 0 Å². The number of nitrogens with zero attached hydrogens (tertiary/aromatic N) is 1. The van der Waals surface area contributed by atoms with Gasteiger partial charge in [-0.3, -0.25) is 4.79 Å². The zero-order valence-electron chi connectivity index (χ0n) is 13.3. The van der Waals surface area contributed by atoms with Crippen molar-refractivity contribution in [2.75, 3.05) is 5.32 Å². The zero-order valence-corrected chi connectivity index (χ0v) is 17.2. The van der Waals surface area contributed by atoms with Crippen LogP contribution in [0.15, 0.2) is 68.6 Å². The van der Waals surface area contributed by atoms with E-state index in [4.69, 9.17) is 27.6 Å². The molecule has 3 aromatic rings. The van der Waals surface area contributed by atoms with E-state index in [9.17, 15) is 13.2 Å². The molecule has 0 atom stereocenters. The van der Waals surface area contributed by atoms with Crippen LogP contribution in [0.2, 0.25) is 10.0 Å². The number of carbonyl (C=O) groups is 1. The van der Waals surface area contributed by atoms with E-state index in [1.807, 2.05) is 0 Å². The van der Waals surface area contributed by atoms with Gasteiger partial charge in [0.1, 0.15) is 10.0 Å². The second kappa shape index (κ2) is 7.93. The Hall–Kier alpha value is -2.00. The minimum Gasteiger partial charge on any atom is -0.573 e. The van der Waals surface area contributed by atoms with E-state index in [1.54, 1.807) is 6.07 Å². The van der Waals surface area contributed by atoms with E-state index < -0.39 is 15.9 Å². The number of hydrogen-bond acceptors (Lipinski definition) is 4. The fourth-order valence-corrected chi connectivity index (χ4v) is 3.65. The number of furan rings is 1. The van der Waals surface area contributed by atoms with Crippen LogP contribution < -0.4 is 5.32 Å². The van der Waals surface area contributed by atoms with Crippen LogP contribution >= 0.6 is 39.1 Å². The highest BCUT2D eigenvalue weighted by atomic mass is 79.9. The first kappa shape index (κ1) is 19.8. The maximum absolute atomic E-state index is 12.4. The number of halogens is 3. The number of rotatable bonds is 5. The maximum atomic E-state index is 12.4. The van der Waals surface area contributed by atoms with Gasteiger partial charge in [0.25, 0.3) is 5.91 Å². The van der Waals surface area contributed by atoms with E-state index >= 15 is 0 Å². The Kier molecular flexibility index (Phi) is 5.81. The van der Waals surface area contributed by atoms with Gasteiger partial charge in [0.2, 0.25) is 0 Å². The van der Waals surface area contributed by atoms with Gasteiger partial charge in [-0.1, -0.05) is 35.3 Å². The number of anilines is 1. The van der Waals surface area contributed by atoms with Crippen LogP contribution in [0.4, 0.5) is 11.4 Å². The summed E-state index contributed by atoms with van der Waals surface area (Å²) >= 11 is 14.8. The molecule has 1 N–H and O–H groups in total. The Morgan fingerprint density at radius 3 is 2.30 bits per heavy atom. The quantitative estimate of drug-likeness (QED) is 0.477. The lowest BCUT2D eigenvalue weighted by Gasteiger charge is -2.22. The van der Waals surface area contributed by atoms with Gasteiger partial charge in [-0.2, -0.15) is 0 Å². The summed E-state index contributed by atoms with van der Waals surface area (Å²) in [6, 6.07) is 12.9. The molecule has 0 radical (unpaired) electrons. The highest BCUT2D eigenvalue weighted by Gasteiger charge is 2.11. The topological polar surface area (TPSA) is 90.5 Å². The largest absolute Gasteiger partial charge is 0.573 e. The van der Waals surface area contributed by atoms with E-state index in [1.165, 1.54) is 48.5 Å². The standard InChI is InChI=1S/C17H10BrCl2N2O4S/c18-16-8-7-15(26-16)17(23)21-10-1-4-12(5-2-10)27(24,25)22-11-3-6-13(19)14(20)9-11/h1-9H,(H,21,23)/q-1. The molecule has 0 fully saturated rings. The summed E-state index contributed by atoms with van der Waals surface area (Å²) in [5.74, 6) is -0.343. The van der Waals surface area contributed by atoms with Gasteiger partial charge in [-0.15, -0.1) is 5.69 Å². The number of benzene rings is 2. The summed E-state index contributed by atoms with van der Waals surface area (Å²) < 4.78 is 34.1. The van der Waals surface area contributed by atoms with Gasteiger partial charge in [0, 0.05) is 5.69 Å². The molecule has 6 nitrogen and oxygen atoms in total. The SMILES string of the molecule is O=C(Nc1ccc(S(=O)(=O)[N-]c2ccc(Cl)c(Cl)c2)cc1)c1ccc(Br)o1. The molecule has 3 rings (SSSR count). The third-order valence-corrected chi connectivity index (χ3v) is 5.82. The number of amides is 1. The molecule has 10 heteroatoms. The van der Waals surface area contributed by atoms with Gasteiger partial charge < -0.3 is 14.5 Å². The number of nitrogens with one attached hydrogen (secondary N) is 1. The first-order chi connectivity index (χ1) is 12.7. The van der Waals surface area contributed by atoms with Gasteiger partial charge in [-0.05, 0) is 58.4 Å². The summed E-state index contributed by atoms with van der Waals surface area (Å²) in [6.45, 7) is 0. The molecule has 1 amide bonds. The van der Waals surface area contributed by atoms with Crippen molar-refractivity contribution in [3.63, 3.8) is 0 Å². The average Bonchev–Trinajstić information content (AvgIpc) is 3.05. The van der Waals surface area contributed by atoms with Crippen LogP contribution in [-0.2, 0) is 10.0 Å². The van der Waals surface area contributed by atoms with Crippen molar-refractivity contribution in [2.45, 2.75) is 4.90 Å². The fraction of sp³-hybridized carbons (Fsp3) is 0. The zero-order chi connectivity index (χ0) is 19.6. The smallest absolute Gasteiger partial charge is 0.291 e. The average molecular weight is 489 g/mol. The first-order valence-electron chi connectivity index (χ1n) is 7.34. The van der Waals surface area contributed by atoms with Crippen molar-refractivity contribution >= 4 is 66.4 Å². The van der Waals surface area contributed by atoms with Gasteiger partial charge >= 0.3 is 0 Å². The molecule has 0 aliphatic rings. The molecule has 0 aliphatic heterocycles. The van der Waals surface area contributed by atoms with E-state index in [-0.39, 0.29) is 21.4 Å². The van der Waals surface area contributed by atoms with Crippen LogP contribution in [-0.4, -0.2) is 14.3 Å². The Bertz CT molecular complexity index is 1100. The normalized spacial score (nSPS) is 11.2. The van der Waals surface area contributed by atoms with Crippen LogP contribution in [0, 0.1) is 0 Å². The lowest BCUT2D eigenvalue weighted by molar-refractivity contribution is 0.0995. The number of sulfonamides is 1. The summed E-state index contributed by atoms with van der Waals surface area (Å²) in [5, 5.41) is 3.11. The second-order valence-electron chi connectivity index (χ2n) is 5.25. The van der Waals surface area contributed by atoms with Crippen molar-refractivity contribution in [2.24, 2.45) is 0 Å². The molecule has 0 aliphatic carbocycles. The number of carbonyl (C=O) groups excluding carboxylic acids is 1. The van der Waals surface area contributed by atoms with Crippen molar-refractivity contribution in [3.8, 4) is 0 Å². The van der Waals surface area contributed by atoms with Gasteiger partial charge in [0.15, 0.2) is 10.4 Å². The second-order valence-corrected chi connectivity index (χ2v) is 8.45. The van der Waals surface area contributed by atoms with Gasteiger partial charge in [0.05, 0.1) is 14.9 Å². The predicted octanol–water partition coefficient (Wildman–Crippen LogP) is 6.00. The Balaban J connectivity index is 1.73. The molecule has 1 aromatic heterocycles. The molecular formula is C17H10BrCl2N2O4S-. The number of hydrogen-bond donors (Lipinski definition) is 1. The van der Waals surface area contributed by atoms with Crippen molar-refractivity contribution in [1.29, 1.82) is 0 Å². The van der Waals surface area contributed by atoms with Gasteiger partial charge in [-0.25, -0.2) is 8.42 Å². The minimum atomic E-state index is -3.95. The molecule has 27 heavy (non-hydrogen) atoms. The van der Waals surface area contributed by atoms with E-state index in [0.717, 1.165) is 0 Å². The molecule has 0 bridgehead atoms. The summed E-state index contributed by atoms with van der Waals surface area (Å²) in [5.41, 5.74) is 0.561. The highest BCUT2D eigenvalue weighted by molar-refractivity contribution is 9.10. The lowest BCUT2D eigenvalue weighted by atomic mass is 10.3. The fourth-order valence-electron chi connectivity index (χ4n) is 2.07. The third kappa shape index (κ3) is 4.84. The molecule has 1 heterocycles. The molecule has 0 saturated carbocycles. The summed E-state index contributed by atoms with van der Waals surface area (Å²) in [6.07, 6.45) is 0. The van der Waals surface area contributed by atoms with Crippen molar-refractivity contribution in [3.05, 3.63) is 79.8 Å².